The van der Waals surface area contributed by atoms with Crippen molar-refractivity contribution in [2.24, 2.45) is 16.7 Å². The minimum absolute atomic E-state index is 0.0473. The van der Waals surface area contributed by atoms with Gasteiger partial charge in [0.1, 0.15) is 47.8 Å². The third-order valence-corrected chi connectivity index (χ3v) is 13.6. The normalized spacial score (nSPS) is 32.5. The van der Waals surface area contributed by atoms with E-state index < -0.39 is 119 Å². The Kier molecular flexibility index (Phi) is 12.3. The van der Waals surface area contributed by atoms with Crippen LogP contribution in [0.1, 0.15) is 89.5 Å². The number of Topliss-reactive ketones (excluding diaryl/α,β-unsaturated/α-hetero) is 1. The molecule has 1 aromatic carbocycles. The quantitative estimate of drug-likeness (QED) is 0.158. The van der Waals surface area contributed by atoms with E-state index in [2.05, 4.69) is 5.32 Å². The molecule has 11 atom stereocenters. The van der Waals surface area contributed by atoms with Gasteiger partial charge in [-0.3, -0.25) is 9.59 Å². The topological polar surface area (TPSA) is 240 Å². The Morgan fingerprint density at radius 2 is 1.67 bits per heavy atom. The molecule has 0 radical (unpaired) electrons. The number of esters is 3. The fourth-order valence-electron chi connectivity index (χ4n) is 9.64. The molecule has 3 aliphatic carbocycles. The molecular weight excluding hydrogens is 819 g/mol. The van der Waals surface area contributed by atoms with E-state index in [-0.39, 0.29) is 29.7 Å². The number of ketones is 1. The van der Waals surface area contributed by atoms with E-state index in [1.807, 2.05) is 0 Å². The molecular formula is C43H53NO16S. The average Bonchev–Trinajstić information content (AvgIpc) is 3.72. The van der Waals surface area contributed by atoms with Gasteiger partial charge in [-0.2, -0.15) is 0 Å². The predicted molar refractivity (Wildman–Crippen MR) is 213 cm³/mol. The number of carbonyl (C=O) groups excluding carboxylic acids is 6. The SMILES string of the molecule is COC(=O)O[C@H]1C[C@H]2OC[C@@]2(OC(C)=O)C2[C@H](OC(=O)c3ccccc3)[C@]3(O)C[C@H](OC(=O)[C@H](O)[C@@H](NC(=O)OC(C)(C)C)c4cccs4)C(C)=C([C@@H](O)C(=O)[C@@]21C)C3(C)C. The summed E-state index contributed by atoms with van der Waals surface area (Å²) in [5.41, 5.74) is -8.87. The van der Waals surface area contributed by atoms with E-state index >= 15 is 4.79 Å². The number of alkyl carbamates (subject to hydrolysis) is 1. The van der Waals surface area contributed by atoms with E-state index in [1.165, 1.54) is 39.8 Å². The zero-order valence-corrected chi connectivity index (χ0v) is 36.2. The van der Waals surface area contributed by atoms with E-state index in [1.54, 1.807) is 56.5 Å². The van der Waals surface area contributed by atoms with Crippen molar-refractivity contribution < 1.29 is 77.2 Å². The third-order valence-electron chi connectivity index (χ3n) is 12.6. The van der Waals surface area contributed by atoms with Crippen LogP contribution in [0.2, 0.25) is 0 Å². The summed E-state index contributed by atoms with van der Waals surface area (Å²) >= 11 is 1.14. The molecule has 3 fully saturated rings. The molecule has 4 N–H and O–H groups in total. The molecule has 2 bridgehead atoms. The van der Waals surface area contributed by atoms with Crippen LogP contribution in [0.5, 0.6) is 0 Å². The molecule has 2 heterocycles. The second-order valence-corrected chi connectivity index (χ2v) is 18.7. The van der Waals surface area contributed by atoms with Crippen LogP contribution in [0.15, 0.2) is 59.0 Å². The first-order valence-corrected chi connectivity index (χ1v) is 20.7. The Balaban J connectivity index is 1.52. The number of amides is 1. The van der Waals surface area contributed by atoms with Gasteiger partial charge in [0, 0.05) is 30.1 Å². The summed E-state index contributed by atoms with van der Waals surface area (Å²) in [5.74, 6) is -5.58. The highest BCUT2D eigenvalue weighted by Crippen LogP contribution is 2.64. The number of ether oxygens (including phenoxy) is 7. The van der Waals surface area contributed by atoms with E-state index in [0.717, 1.165) is 25.4 Å². The van der Waals surface area contributed by atoms with Gasteiger partial charge in [-0.05, 0) is 69.3 Å². The van der Waals surface area contributed by atoms with Gasteiger partial charge in [0.25, 0.3) is 0 Å². The van der Waals surface area contributed by atoms with Gasteiger partial charge >= 0.3 is 30.2 Å². The van der Waals surface area contributed by atoms with Crippen molar-refractivity contribution in [1.29, 1.82) is 0 Å². The summed E-state index contributed by atoms with van der Waals surface area (Å²) in [7, 11) is 1.06. The fraction of sp³-hybridized carbons (Fsp3) is 0.581. The molecule has 0 spiro atoms. The lowest BCUT2D eigenvalue weighted by molar-refractivity contribution is -0.346. The lowest BCUT2D eigenvalue weighted by atomic mass is 9.44. The highest BCUT2D eigenvalue weighted by Gasteiger charge is 2.78. The van der Waals surface area contributed by atoms with Gasteiger partial charge in [0.15, 0.2) is 17.5 Å². The van der Waals surface area contributed by atoms with Crippen LogP contribution in [0.4, 0.5) is 9.59 Å². The maximum atomic E-state index is 15.3. The molecule has 1 amide bonds. The maximum Gasteiger partial charge on any atom is 0.508 e. The number of carbonyl (C=O) groups is 6. The Morgan fingerprint density at radius 3 is 2.23 bits per heavy atom. The number of benzene rings is 1. The Bertz CT molecular complexity index is 2080. The average molecular weight is 872 g/mol. The minimum Gasteiger partial charge on any atom is -0.456 e. The first-order chi connectivity index (χ1) is 28.4. The van der Waals surface area contributed by atoms with Gasteiger partial charge in [-0.15, -0.1) is 11.3 Å². The van der Waals surface area contributed by atoms with Crippen molar-refractivity contribution in [3.05, 3.63) is 69.4 Å². The van der Waals surface area contributed by atoms with E-state index in [4.69, 9.17) is 33.2 Å². The molecule has 18 heteroatoms. The van der Waals surface area contributed by atoms with Crippen LogP contribution in [0, 0.1) is 16.7 Å². The van der Waals surface area contributed by atoms with Crippen LogP contribution in [0.3, 0.4) is 0 Å². The predicted octanol–water partition coefficient (Wildman–Crippen LogP) is 4.11. The van der Waals surface area contributed by atoms with Crippen molar-refractivity contribution in [3.8, 4) is 0 Å². The third kappa shape index (κ3) is 7.92. The van der Waals surface area contributed by atoms with Crippen molar-refractivity contribution >= 4 is 47.3 Å². The summed E-state index contributed by atoms with van der Waals surface area (Å²) in [5, 5.41) is 41.8. The molecule has 61 heavy (non-hydrogen) atoms. The van der Waals surface area contributed by atoms with Crippen LogP contribution < -0.4 is 5.32 Å². The minimum atomic E-state index is -2.42. The molecule has 1 unspecified atom stereocenters. The zero-order chi connectivity index (χ0) is 45.0. The number of fused-ring (bicyclic) bond motifs is 5. The lowest BCUT2D eigenvalue weighted by Crippen LogP contribution is -2.82. The maximum absolute atomic E-state index is 15.3. The molecule has 2 saturated carbocycles. The van der Waals surface area contributed by atoms with Crippen molar-refractivity contribution in [1.82, 2.24) is 5.32 Å². The standard InChI is InChI=1S/C43H53NO16S/c1-21-24(56-36(50)31(47)29(25-16-13-17-61-25)44-37(51)60-39(3,4)5)19-43(53)34(58-35(49)23-14-11-10-12-15-23)32-41(8,33(48)30(46)28(21)40(43,6)7)26(57-38(52)54-9)18-27-42(32,20-55-27)59-22(2)45/h10-17,24,26-27,29-32,34,46-47,53H,18-20H2,1-9H3,(H,44,51)/t24-,26-,27+,29-,30+,31+,32?,34-,41+,42-,43+/m0/s1. The number of aliphatic hydroxyl groups excluding tert-OH is 2. The number of thiophene rings is 1. The number of hydrogen-bond donors (Lipinski definition) is 4. The molecule has 1 saturated heterocycles. The first-order valence-electron chi connectivity index (χ1n) is 19.8. The number of nitrogens with one attached hydrogen (secondary N) is 1. The van der Waals surface area contributed by atoms with Crippen molar-refractivity contribution in [3.63, 3.8) is 0 Å². The van der Waals surface area contributed by atoms with E-state index in [9.17, 15) is 39.3 Å². The Morgan fingerprint density at radius 1 is 1.00 bits per heavy atom. The van der Waals surface area contributed by atoms with Gasteiger partial charge < -0.3 is 53.8 Å². The smallest absolute Gasteiger partial charge is 0.456 e. The molecule has 17 nitrogen and oxygen atoms in total. The summed E-state index contributed by atoms with van der Waals surface area (Å²) in [4.78, 5) is 82.8. The number of methoxy groups -OCH3 is 1. The Labute approximate surface area is 356 Å². The molecule has 1 aromatic heterocycles. The Hall–Kier alpha value is -4.88. The highest BCUT2D eigenvalue weighted by molar-refractivity contribution is 7.10. The van der Waals surface area contributed by atoms with Gasteiger partial charge in [0.2, 0.25) is 0 Å². The monoisotopic (exact) mass is 871 g/mol. The largest absolute Gasteiger partial charge is 0.508 e. The summed E-state index contributed by atoms with van der Waals surface area (Å²) < 4.78 is 40.3. The van der Waals surface area contributed by atoms with Crippen molar-refractivity contribution in [2.45, 2.75) is 128 Å². The van der Waals surface area contributed by atoms with Crippen LogP contribution in [0.25, 0.3) is 0 Å². The second-order valence-electron chi connectivity index (χ2n) is 17.7. The van der Waals surface area contributed by atoms with Crippen LogP contribution >= 0.6 is 11.3 Å². The number of rotatable bonds is 9. The van der Waals surface area contributed by atoms with Crippen molar-refractivity contribution in [2.75, 3.05) is 13.7 Å². The molecule has 4 aliphatic rings. The first kappa shape index (κ1) is 45.6. The molecule has 332 valence electrons. The number of hydrogen-bond acceptors (Lipinski definition) is 17. The molecule has 1 aliphatic heterocycles. The number of aliphatic hydroxyl groups is 3. The van der Waals surface area contributed by atoms with Crippen LogP contribution in [-0.4, -0.2) is 118 Å². The summed E-state index contributed by atoms with van der Waals surface area (Å²) in [6.07, 6.45) is -13.0. The van der Waals surface area contributed by atoms with Crippen LogP contribution in [-0.2, 0) is 47.5 Å². The molecule has 2 aromatic rings. The fourth-order valence-corrected chi connectivity index (χ4v) is 10.4. The second kappa shape index (κ2) is 16.4. The zero-order valence-electron chi connectivity index (χ0n) is 35.4. The lowest BCUT2D eigenvalue weighted by Gasteiger charge is -2.67. The highest BCUT2D eigenvalue weighted by atomic mass is 32.1. The summed E-state index contributed by atoms with van der Waals surface area (Å²) in [6, 6.07) is 9.65. The van der Waals surface area contributed by atoms with Gasteiger partial charge in [-0.25, -0.2) is 19.2 Å². The summed E-state index contributed by atoms with van der Waals surface area (Å²) in [6.45, 7) is 11.6. The molecule has 6 rings (SSSR count). The van der Waals surface area contributed by atoms with E-state index in [0.29, 0.717) is 4.88 Å². The van der Waals surface area contributed by atoms with Gasteiger partial charge in [-0.1, -0.05) is 38.1 Å². The van der Waals surface area contributed by atoms with Gasteiger partial charge in [0.05, 0.1) is 30.6 Å².